The Morgan fingerprint density at radius 3 is 2.53 bits per heavy atom. The Bertz CT molecular complexity index is 521. The summed E-state index contributed by atoms with van der Waals surface area (Å²) >= 11 is 1.68. The van der Waals surface area contributed by atoms with Crippen LogP contribution in [0.2, 0.25) is 0 Å². The first kappa shape index (κ1) is 14.2. The Morgan fingerprint density at radius 1 is 1.26 bits per heavy atom. The third-order valence-corrected chi connectivity index (χ3v) is 4.28. The minimum Gasteiger partial charge on any atom is -0.307 e. The maximum Gasteiger partial charge on any atom is 0.123 e. The molecule has 2 aromatic rings. The Kier molecular flexibility index (Phi) is 4.66. The largest absolute Gasteiger partial charge is 0.307 e. The highest BCUT2D eigenvalue weighted by atomic mass is 32.1. The first-order valence-corrected chi connectivity index (χ1v) is 7.34. The fourth-order valence-corrected chi connectivity index (χ4v) is 3.08. The summed E-state index contributed by atoms with van der Waals surface area (Å²) in [5.41, 5.74) is 4.13. The van der Waals surface area contributed by atoms with Gasteiger partial charge in [0.25, 0.3) is 0 Å². The first-order valence-electron chi connectivity index (χ1n) is 6.46. The molecule has 0 saturated heterocycles. The fraction of sp³-hybridized carbons (Fsp3) is 0.400. The van der Waals surface area contributed by atoms with Gasteiger partial charge in [-0.1, -0.05) is 12.1 Å². The van der Waals surface area contributed by atoms with E-state index in [0.29, 0.717) is 12.1 Å². The second-order valence-electron chi connectivity index (χ2n) is 4.92. The molecule has 0 aliphatic heterocycles. The van der Waals surface area contributed by atoms with E-state index in [0.717, 1.165) is 17.7 Å². The molecule has 1 aromatic heterocycles. The molecule has 1 aromatic carbocycles. The SMILES string of the molecule is Cc1ncsc1C(C)NC(C)Cc1ccc(F)cc1. The minimum absolute atomic E-state index is 0.182. The van der Waals surface area contributed by atoms with Crippen molar-refractivity contribution in [2.24, 2.45) is 0 Å². The molecule has 1 N–H and O–H groups in total. The first-order chi connectivity index (χ1) is 9.06. The molecule has 0 aliphatic carbocycles. The number of thiazole rings is 1. The standard InChI is InChI=1S/C15H19FN2S/c1-10(8-13-4-6-14(16)7-5-13)18-12(3)15-11(2)17-9-19-15/h4-7,9-10,12,18H,8H2,1-3H3. The number of benzene rings is 1. The predicted molar refractivity (Wildman–Crippen MR) is 78.0 cm³/mol. The number of aryl methyl sites for hydroxylation is 1. The number of nitrogens with zero attached hydrogens (tertiary/aromatic N) is 1. The van der Waals surface area contributed by atoms with E-state index in [-0.39, 0.29) is 5.82 Å². The van der Waals surface area contributed by atoms with Gasteiger partial charge in [-0.3, -0.25) is 0 Å². The summed E-state index contributed by atoms with van der Waals surface area (Å²) in [5, 5.41) is 3.56. The molecule has 1 heterocycles. The summed E-state index contributed by atoms with van der Waals surface area (Å²) in [4.78, 5) is 5.56. The molecule has 2 unspecified atom stereocenters. The van der Waals surface area contributed by atoms with Crippen LogP contribution in [0.15, 0.2) is 29.8 Å². The molecule has 0 aliphatic rings. The molecular formula is C15H19FN2S. The third-order valence-electron chi connectivity index (χ3n) is 3.17. The van der Waals surface area contributed by atoms with Crippen LogP contribution in [-0.2, 0) is 6.42 Å². The van der Waals surface area contributed by atoms with Crippen molar-refractivity contribution in [2.75, 3.05) is 0 Å². The number of hydrogen-bond donors (Lipinski definition) is 1. The van der Waals surface area contributed by atoms with E-state index in [1.54, 1.807) is 11.3 Å². The van der Waals surface area contributed by atoms with E-state index in [2.05, 4.69) is 24.1 Å². The third kappa shape index (κ3) is 3.85. The number of rotatable bonds is 5. The molecule has 19 heavy (non-hydrogen) atoms. The van der Waals surface area contributed by atoms with Crippen molar-refractivity contribution < 1.29 is 4.39 Å². The van der Waals surface area contributed by atoms with Gasteiger partial charge < -0.3 is 5.32 Å². The van der Waals surface area contributed by atoms with Gasteiger partial charge in [-0.15, -0.1) is 11.3 Å². The Balaban J connectivity index is 1.92. The van der Waals surface area contributed by atoms with E-state index < -0.39 is 0 Å². The smallest absolute Gasteiger partial charge is 0.123 e. The van der Waals surface area contributed by atoms with Crippen LogP contribution in [0.3, 0.4) is 0 Å². The molecule has 2 nitrogen and oxygen atoms in total. The summed E-state index contributed by atoms with van der Waals surface area (Å²) in [5.74, 6) is -0.182. The zero-order valence-electron chi connectivity index (χ0n) is 11.5. The van der Waals surface area contributed by atoms with Gasteiger partial charge >= 0.3 is 0 Å². The molecule has 0 amide bonds. The van der Waals surface area contributed by atoms with Crippen molar-refractivity contribution in [2.45, 2.75) is 39.3 Å². The summed E-state index contributed by atoms with van der Waals surface area (Å²) in [6.07, 6.45) is 0.891. The minimum atomic E-state index is -0.182. The van der Waals surface area contributed by atoms with Crippen LogP contribution in [0.5, 0.6) is 0 Å². The van der Waals surface area contributed by atoms with Gasteiger partial charge in [-0.05, 0) is 44.9 Å². The van der Waals surface area contributed by atoms with Crippen molar-refractivity contribution in [3.63, 3.8) is 0 Å². The Morgan fingerprint density at radius 2 is 1.95 bits per heavy atom. The zero-order valence-corrected chi connectivity index (χ0v) is 12.3. The second-order valence-corrected chi connectivity index (χ2v) is 5.81. The van der Waals surface area contributed by atoms with E-state index in [9.17, 15) is 4.39 Å². The summed E-state index contributed by atoms with van der Waals surface area (Å²) in [7, 11) is 0. The average Bonchev–Trinajstić information content (AvgIpc) is 2.78. The lowest BCUT2D eigenvalue weighted by Gasteiger charge is -2.19. The van der Waals surface area contributed by atoms with E-state index in [1.165, 1.54) is 17.0 Å². The zero-order chi connectivity index (χ0) is 13.8. The highest BCUT2D eigenvalue weighted by molar-refractivity contribution is 7.09. The molecule has 102 valence electrons. The normalized spacial score (nSPS) is 14.3. The molecular weight excluding hydrogens is 259 g/mol. The van der Waals surface area contributed by atoms with Crippen LogP contribution < -0.4 is 5.32 Å². The van der Waals surface area contributed by atoms with Gasteiger partial charge in [0.2, 0.25) is 0 Å². The molecule has 0 saturated carbocycles. The van der Waals surface area contributed by atoms with Crippen LogP contribution in [-0.4, -0.2) is 11.0 Å². The van der Waals surface area contributed by atoms with Gasteiger partial charge in [-0.25, -0.2) is 9.37 Å². The molecule has 0 fully saturated rings. The number of hydrogen-bond acceptors (Lipinski definition) is 3. The number of aromatic nitrogens is 1. The van der Waals surface area contributed by atoms with Gasteiger partial charge in [0.15, 0.2) is 0 Å². The van der Waals surface area contributed by atoms with Crippen molar-refractivity contribution in [1.82, 2.24) is 10.3 Å². The molecule has 0 radical (unpaired) electrons. The van der Waals surface area contributed by atoms with Crippen molar-refractivity contribution >= 4 is 11.3 Å². The molecule has 0 spiro atoms. The second kappa shape index (κ2) is 6.26. The van der Waals surface area contributed by atoms with Crippen molar-refractivity contribution in [3.05, 3.63) is 51.7 Å². The van der Waals surface area contributed by atoms with Gasteiger partial charge in [-0.2, -0.15) is 0 Å². The summed E-state index contributed by atoms with van der Waals surface area (Å²) in [6.45, 7) is 6.34. The van der Waals surface area contributed by atoms with Crippen LogP contribution >= 0.6 is 11.3 Å². The Labute approximate surface area is 117 Å². The molecule has 2 atom stereocenters. The Hall–Kier alpha value is -1.26. The molecule has 2 rings (SSSR count). The van der Waals surface area contributed by atoms with Crippen LogP contribution in [0, 0.1) is 12.7 Å². The van der Waals surface area contributed by atoms with Crippen LogP contribution in [0.1, 0.15) is 36.0 Å². The van der Waals surface area contributed by atoms with E-state index >= 15 is 0 Å². The predicted octanol–water partition coefficient (Wildman–Crippen LogP) is 3.87. The van der Waals surface area contributed by atoms with E-state index in [1.807, 2.05) is 24.6 Å². The average molecular weight is 278 g/mol. The van der Waals surface area contributed by atoms with E-state index in [4.69, 9.17) is 0 Å². The maximum atomic E-state index is 12.8. The lowest BCUT2D eigenvalue weighted by atomic mass is 10.1. The topological polar surface area (TPSA) is 24.9 Å². The molecule has 0 bridgehead atoms. The highest BCUT2D eigenvalue weighted by Gasteiger charge is 2.13. The monoisotopic (exact) mass is 278 g/mol. The highest BCUT2D eigenvalue weighted by Crippen LogP contribution is 2.21. The summed E-state index contributed by atoms with van der Waals surface area (Å²) in [6, 6.07) is 7.34. The maximum absolute atomic E-state index is 12.8. The van der Waals surface area contributed by atoms with Gasteiger partial charge in [0.05, 0.1) is 11.2 Å². The summed E-state index contributed by atoms with van der Waals surface area (Å²) < 4.78 is 12.8. The van der Waals surface area contributed by atoms with Crippen LogP contribution in [0.4, 0.5) is 4.39 Å². The number of halogens is 1. The van der Waals surface area contributed by atoms with Gasteiger partial charge in [0.1, 0.15) is 5.82 Å². The molecule has 4 heteroatoms. The van der Waals surface area contributed by atoms with Gasteiger partial charge in [0, 0.05) is 17.0 Å². The number of nitrogens with one attached hydrogen (secondary N) is 1. The quantitative estimate of drug-likeness (QED) is 0.898. The lowest BCUT2D eigenvalue weighted by Crippen LogP contribution is -2.30. The lowest BCUT2D eigenvalue weighted by molar-refractivity contribution is 0.480. The fourth-order valence-electron chi connectivity index (χ4n) is 2.26. The van der Waals surface area contributed by atoms with Crippen molar-refractivity contribution in [1.29, 1.82) is 0 Å². The van der Waals surface area contributed by atoms with Crippen molar-refractivity contribution in [3.8, 4) is 0 Å². The van der Waals surface area contributed by atoms with Crippen LogP contribution in [0.25, 0.3) is 0 Å².